The minimum Gasteiger partial charge on any atom is -0.374 e. The number of likely N-dealkylation sites (N-methyl/N-ethyl adjacent to an activating group) is 1. The van der Waals surface area contributed by atoms with Gasteiger partial charge in [-0.25, -0.2) is 0 Å². The second-order valence-corrected chi connectivity index (χ2v) is 7.23. The van der Waals surface area contributed by atoms with E-state index < -0.39 is 0 Å². The number of benzene rings is 1. The average molecular weight is 395 g/mol. The number of nitrogens with one attached hydrogen (secondary N) is 1. The van der Waals surface area contributed by atoms with Gasteiger partial charge in [0, 0.05) is 37.9 Å². The summed E-state index contributed by atoms with van der Waals surface area (Å²) in [7, 11) is 2.00. The van der Waals surface area contributed by atoms with Crippen molar-refractivity contribution >= 4 is 28.9 Å². The third kappa shape index (κ3) is 4.87. The van der Waals surface area contributed by atoms with Crippen LogP contribution in [-0.2, 0) is 6.42 Å². The molecular weight excluding hydrogens is 372 g/mol. The highest BCUT2D eigenvalue weighted by molar-refractivity contribution is 6.34. The molecule has 1 amide bonds. The van der Waals surface area contributed by atoms with Crippen molar-refractivity contribution in [2.75, 3.05) is 23.8 Å². The number of amides is 1. The highest BCUT2D eigenvalue weighted by atomic mass is 35.5. The van der Waals surface area contributed by atoms with Gasteiger partial charge in [0.2, 0.25) is 0 Å². The molecule has 2 heterocycles. The van der Waals surface area contributed by atoms with E-state index in [9.17, 15) is 4.79 Å². The van der Waals surface area contributed by atoms with Crippen LogP contribution in [0.2, 0.25) is 5.02 Å². The number of aryl methyl sites for hydroxylation is 2. The van der Waals surface area contributed by atoms with Crippen molar-refractivity contribution in [3.63, 3.8) is 0 Å². The van der Waals surface area contributed by atoms with Gasteiger partial charge in [-0.2, -0.15) is 0 Å². The number of rotatable bonds is 6. The Balaban J connectivity index is 1.71. The molecule has 6 heteroatoms. The number of nitrogens with zero attached hydrogens (tertiary/aromatic N) is 3. The summed E-state index contributed by atoms with van der Waals surface area (Å²) >= 11 is 6.30. The third-order valence-corrected chi connectivity index (χ3v) is 4.87. The smallest absolute Gasteiger partial charge is 0.274 e. The maximum absolute atomic E-state index is 12.7. The molecule has 0 saturated carbocycles. The van der Waals surface area contributed by atoms with E-state index in [1.54, 1.807) is 24.7 Å². The normalized spacial score (nSPS) is 10.6. The molecule has 3 rings (SSSR count). The summed E-state index contributed by atoms with van der Waals surface area (Å²) < 4.78 is 0. The van der Waals surface area contributed by atoms with Crippen LogP contribution in [0.4, 0.5) is 11.4 Å². The van der Waals surface area contributed by atoms with Crippen LogP contribution in [0.15, 0.2) is 55.0 Å². The summed E-state index contributed by atoms with van der Waals surface area (Å²) in [5.74, 6) is -0.279. The fraction of sp³-hybridized carbons (Fsp3) is 0.227. The molecule has 28 heavy (non-hydrogen) atoms. The Morgan fingerprint density at radius 2 is 1.86 bits per heavy atom. The Hall–Kier alpha value is -2.92. The molecular formula is C22H23ClN4O. The summed E-state index contributed by atoms with van der Waals surface area (Å²) in [6, 6.07) is 11.5. The van der Waals surface area contributed by atoms with Crippen LogP contribution in [0.25, 0.3) is 0 Å². The van der Waals surface area contributed by atoms with Gasteiger partial charge in [0.05, 0.1) is 10.7 Å². The van der Waals surface area contributed by atoms with Gasteiger partial charge in [0.1, 0.15) is 5.69 Å². The minimum atomic E-state index is -0.279. The predicted octanol–water partition coefficient (Wildman–Crippen LogP) is 4.68. The molecule has 0 unspecified atom stereocenters. The molecule has 0 radical (unpaired) electrons. The maximum atomic E-state index is 12.7. The van der Waals surface area contributed by atoms with E-state index in [1.807, 2.05) is 51.2 Å². The molecule has 0 aliphatic carbocycles. The van der Waals surface area contributed by atoms with E-state index in [2.05, 4.69) is 20.2 Å². The van der Waals surface area contributed by atoms with Crippen molar-refractivity contribution in [3.8, 4) is 0 Å². The van der Waals surface area contributed by atoms with Crippen molar-refractivity contribution in [2.24, 2.45) is 0 Å². The molecule has 1 aromatic carbocycles. The van der Waals surface area contributed by atoms with E-state index in [0.717, 1.165) is 29.8 Å². The third-order valence-electron chi connectivity index (χ3n) is 4.57. The first kappa shape index (κ1) is 19.8. The van der Waals surface area contributed by atoms with Gasteiger partial charge < -0.3 is 10.2 Å². The Morgan fingerprint density at radius 3 is 2.57 bits per heavy atom. The van der Waals surface area contributed by atoms with Crippen LogP contribution in [0, 0.1) is 13.8 Å². The zero-order valence-electron chi connectivity index (χ0n) is 16.2. The van der Waals surface area contributed by atoms with Gasteiger partial charge in [0.15, 0.2) is 0 Å². The van der Waals surface area contributed by atoms with Gasteiger partial charge in [-0.15, -0.1) is 0 Å². The first-order valence-corrected chi connectivity index (χ1v) is 9.46. The van der Waals surface area contributed by atoms with Crippen molar-refractivity contribution in [1.29, 1.82) is 0 Å². The van der Waals surface area contributed by atoms with E-state index in [4.69, 9.17) is 11.6 Å². The molecule has 0 atom stereocenters. The van der Waals surface area contributed by atoms with Crippen molar-refractivity contribution in [1.82, 2.24) is 9.97 Å². The van der Waals surface area contributed by atoms with Crippen molar-refractivity contribution in [3.05, 3.63) is 82.4 Å². The number of carbonyl (C=O) groups is 1. The van der Waals surface area contributed by atoms with E-state index in [1.165, 1.54) is 5.56 Å². The Morgan fingerprint density at radius 1 is 1.11 bits per heavy atom. The molecule has 0 saturated heterocycles. The predicted molar refractivity (Wildman–Crippen MR) is 114 cm³/mol. The molecule has 1 N–H and O–H groups in total. The van der Waals surface area contributed by atoms with Crippen LogP contribution in [-0.4, -0.2) is 29.5 Å². The lowest BCUT2D eigenvalue weighted by molar-refractivity contribution is 0.102. The maximum Gasteiger partial charge on any atom is 0.274 e. The molecule has 5 nitrogen and oxygen atoms in total. The highest BCUT2D eigenvalue weighted by Gasteiger charge is 2.14. The van der Waals surface area contributed by atoms with Crippen molar-refractivity contribution < 1.29 is 4.79 Å². The highest BCUT2D eigenvalue weighted by Crippen LogP contribution is 2.28. The van der Waals surface area contributed by atoms with Gasteiger partial charge >= 0.3 is 0 Å². The Kier molecular flexibility index (Phi) is 6.26. The van der Waals surface area contributed by atoms with Gasteiger partial charge in [-0.3, -0.25) is 14.8 Å². The summed E-state index contributed by atoms with van der Waals surface area (Å²) in [6.07, 6.45) is 6.13. The molecule has 144 valence electrons. The van der Waals surface area contributed by atoms with Crippen LogP contribution in [0.1, 0.15) is 27.2 Å². The number of halogens is 1. The quantitative estimate of drug-likeness (QED) is 0.659. The van der Waals surface area contributed by atoms with E-state index >= 15 is 0 Å². The van der Waals surface area contributed by atoms with Crippen LogP contribution >= 0.6 is 11.6 Å². The fourth-order valence-corrected chi connectivity index (χ4v) is 3.38. The lowest BCUT2D eigenvalue weighted by Crippen LogP contribution is -2.21. The molecule has 3 aromatic rings. The van der Waals surface area contributed by atoms with E-state index in [-0.39, 0.29) is 5.91 Å². The SMILES string of the molecule is Cc1cc(C)c(NC(=O)c2cc(N(C)CCc3ccncc3)ccn2)c(Cl)c1. The second-order valence-electron chi connectivity index (χ2n) is 6.82. The molecule has 0 aliphatic rings. The van der Waals surface area contributed by atoms with Crippen LogP contribution < -0.4 is 10.2 Å². The number of carbonyl (C=O) groups excluding carboxylic acids is 1. The summed E-state index contributed by atoms with van der Waals surface area (Å²) in [5.41, 5.74) is 5.10. The van der Waals surface area contributed by atoms with Crippen LogP contribution in [0.3, 0.4) is 0 Å². The zero-order chi connectivity index (χ0) is 20.1. The van der Waals surface area contributed by atoms with Gasteiger partial charge in [-0.05, 0) is 67.3 Å². The lowest BCUT2D eigenvalue weighted by Gasteiger charge is -2.20. The van der Waals surface area contributed by atoms with Gasteiger partial charge in [0.25, 0.3) is 5.91 Å². The fourth-order valence-electron chi connectivity index (χ4n) is 3.01. The number of hydrogen-bond acceptors (Lipinski definition) is 4. The number of hydrogen-bond donors (Lipinski definition) is 1. The average Bonchev–Trinajstić information content (AvgIpc) is 2.69. The first-order valence-electron chi connectivity index (χ1n) is 9.08. The topological polar surface area (TPSA) is 58.1 Å². The number of aromatic nitrogens is 2. The zero-order valence-corrected chi connectivity index (χ0v) is 17.0. The largest absolute Gasteiger partial charge is 0.374 e. The summed E-state index contributed by atoms with van der Waals surface area (Å²) in [5, 5.41) is 3.41. The molecule has 0 aliphatic heterocycles. The standard InChI is InChI=1S/C22H23ClN4O/c1-15-12-16(2)21(19(23)13-15)26-22(28)20-14-18(6-10-25-20)27(3)11-7-17-4-8-24-9-5-17/h4-6,8-10,12-14H,7,11H2,1-3H3,(H,26,28). The Labute approximate surface area is 170 Å². The monoisotopic (exact) mass is 394 g/mol. The minimum absolute atomic E-state index is 0.279. The van der Waals surface area contributed by atoms with Gasteiger partial charge in [-0.1, -0.05) is 17.7 Å². The first-order chi connectivity index (χ1) is 13.4. The van der Waals surface area contributed by atoms with Crippen LogP contribution in [0.5, 0.6) is 0 Å². The molecule has 2 aromatic heterocycles. The molecule has 0 fully saturated rings. The molecule has 0 spiro atoms. The molecule has 0 bridgehead atoms. The lowest BCUT2D eigenvalue weighted by atomic mass is 10.1. The summed E-state index contributed by atoms with van der Waals surface area (Å²) in [4.78, 5) is 23.1. The van der Waals surface area contributed by atoms with Crippen molar-refractivity contribution in [2.45, 2.75) is 20.3 Å². The van der Waals surface area contributed by atoms with E-state index in [0.29, 0.717) is 16.4 Å². The summed E-state index contributed by atoms with van der Waals surface area (Å²) in [6.45, 7) is 4.71. The second kappa shape index (κ2) is 8.85. The Bertz CT molecular complexity index is 952. The number of anilines is 2. The number of pyridine rings is 2.